The Kier molecular flexibility index (Phi) is 5.47. The number of benzene rings is 2. The summed E-state index contributed by atoms with van der Waals surface area (Å²) in [4.78, 5) is 0. The SMILES string of the molecule is Bc1c(C)cc(C)c(C)c1C(=C)/C=C/c1c(C)c(C)c(C)c(C)c1C. The summed E-state index contributed by atoms with van der Waals surface area (Å²) < 4.78 is 0. The predicted molar refractivity (Wildman–Crippen MR) is 117 cm³/mol. The molecule has 0 aliphatic carbocycles. The average Bonchev–Trinajstić information content (AvgIpc) is 2.56. The average molecular weight is 330 g/mol. The fraction of sp³-hybridized carbons (Fsp3) is 0.333. The van der Waals surface area contributed by atoms with E-state index in [0.717, 1.165) is 5.57 Å². The second-order valence-electron chi connectivity index (χ2n) is 7.53. The van der Waals surface area contributed by atoms with Gasteiger partial charge in [-0.1, -0.05) is 35.8 Å². The minimum absolute atomic E-state index is 1.09. The Morgan fingerprint density at radius 3 is 1.76 bits per heavy atom. The van der Waals surface area contributed by atoms with Crippen molar-refractivity contribution in [2.24, 2.45) is 0 Å². The first-order chi connectivity index (χ1) is 11.6. The highest BCUT2D eigenvalue weighted by Crippen LogP contribution is 2.28. The third-order valence-corrected chi connectivity index (χ3v) is 6.20. The molecule has 0 N–H and O–H groups in total. The van der Waals surface area contributed by atoms with Gasteiger partial charge in [-0.25, -0.2) is 0 Å². The first-order valence-electron chi connectivity index (χ1n) is 9.09. The van der Waals surface area contributed by atoms with Gasteiger partial charge in [-0.15, -0.1) is 0 Å². The smallest absolute Gasteiger partial charge is 0.0912 e. The van der Waals surface area contributed by atoms with Crippen LogP contribution in [-0.2, 0) is 0 Å². The standard InChI is InChI=1S/C24H31B/c1-13(23-16(4)14(2)12-15(3)24(23)25)10-11-22-20(8)18(6)17(5)19(7)21(22)9/h10-12H,1,25H2,2-9H3/b11-10+. The van der Waals surface area contributed by atoms with Crippen LogP contribution in [0.15, 0.2) is 18.7 Å². The van der Waals surface area contributed by atoms with Crippen LogP contribution in [0.25, 0.3) is 11.6 Å². The van der Waals surface area contributed by atoms with Crippen molar-refractivity contribution in [3.05, 3.63) is 74.4 Å². The number of rotatable bonds is 3. The number of hydrogen-bond donors (Lipinski definition) is 0. The highest BCUT2D eigenvalue weighted by molar-refractivity contribution is 6.36. The lowest BCUT2D eigenvalue weighted by atomic mass is 9.79. The van der Waals surface area contributed by atoms with Crippen LogP contribution < -0.4 is 5.46 Å². The van der Waals surface area contributed by atoms with E-state index in [9.17, 15) is 0 Å². The van der Waals surface area contributed by atoms with Crippen LogP contribution in [0.4, 0.5) is 0 Å². The Labute approximate surface area is 155 Å². The lowest BCUT2D eigenvalue weighted by molar-refractivity contribution is 1.16. The van der Waals surface area contributed by atoms with Crippen molar-refractivity contribution in [1.82, 2.24) is 0 Å². The molecule has 0 saturated heterocycles. The van der Waals surface area contributed by atoms with E-state index in [4.69, 9.17) is 0 Å². The molecule has 0 spiro atoms. The minimum atomic E-state index is 1.09. The lowest BCUT2D eigenvalue weighted by Gasteiger charge is -2.18. The zero-order valence-electron chi connectivity index (χ0n) is 17.4. The maximum Gasteiger partial charge on any atom is 0.140 e. The molecule has 0 nitrogen and oxygen atoms in total. The van der Waals surface area contributed by atoms with Gasteiger partial charge in [0.15, 0.2) is 0 Å². The topological polar surface area (TPSA) is 0 Å². The highest BCUT2D eigenvalue weighted by Gasteiger charge is 2.12. The molecule has 2 aromatic carbocycles. The molecular weight excluding hydrogens is 299 g/mol. The Hall–Kier alpha value is -2.02. The van der Waals surface area contributed by atoms with Crippen LogP contribution in [0.3, 0.4) is 0 Å². The van der Waals surface area contributed by atoms with Crippen molar-refractivity contribution in [3.8, 4) is 0 Å². The summed E-state index contributed by atoms with van der Waals surface area (Å²) in [7, 11) is 2.20. The van der Waals surface area contributed by atoms with E-state index in [1.54, 1.807) is 0 Å². The van der Waals surface area contributed by atoms with Gasteiger partial charge in [0, 0.05) is 0 Å². The first kappa shape index (κ1) is 19.3. The van der Waals surface area contributed by atoms with E-state index in [-0.39, 0.29) is 0 Å². The molecule has 0 bridgehead atoms. The molecule has 0 saturated carbocycles. The molecule has 0 aliphatic rings. The van der Waals surface area contributed by atoms with E-state index >= 15 is 0 Å². The van der Waals surface area contributed by atoms with E-state index in [1.165, 1.54) is 61.1 Å². The monoisotopic (exact) mass is 330 g/mol. The van der Waals surface area contributed by atoms with Gasteiger partial charge in [0.1, 0.15) is 7.85 Å². The summed E-state index contributed by atoms with van der Waals surface area (Å²) in [6.45, 7) is 22.1. The molecule has 1 heteroatoms. The van der Waals surface area contributed by atoms with Gasteiger partial charge in [0.25, 0.3) is 0 Å². The summed E-state index contributed by atoms with van der Waals surface area (Å²) in [5.74, 6) is 0. The largest absolute Gasteiger partial charge is 0.140 e. The van der Waals surface area contributed by atoms with E-state index in [2.05, 4.69) is 88.0 Å². The molecule has 0 heterocycles. The van der Waals surface area contributed by atoms with Crippen LogP contribution in [0, 0.1) is 55.4 Å². The van der Waals surface area contributed by atoms with E-state index in [0.29, 0.717) is 0 Å². The third kappa shape index (κ3) is 3.38. The number of hydrogen-bond acceptors (Lipinski definition) is 0. The second-order valence-corrected chi connectivity index (χ2v) is 7.53. The molecule has 130 valence electrons. The Balaban J connectivity index is 2.54. The van der Waals surface area contributed by atoms with Gasteiger partial charge >= 0.3 is 0 Å². The maximum absolute atomic E-state index is 4.38. The fourth-order valence-electron chi connectivity index (χ4n) is 3.74. The quantitative estimate of drug-likeness (QED) is 0.540. The lowest BCUT2D eigenvalue weighted by Crippen LogP contribution is -2.16. The summed E-state index contributed by atoms with van der Waals surface area (Å²) in [5, 5.41) is 0. The molecule has 2 rings (SSSR count). The molecule has 0 fully saturated rings. The maximum atomic E-state index is 4.38. The van der Waals surface area contributed by atoms with Gasteiger partial charge in [-0.05, 0) is 111 Å². The molecule has 0 atom stereocenters. The highest BCUT2D eigenvalue weighted by atomic mass is 14.2. The van der Waals surface area contributed by atoms with Gasteiger partial charge in [-0.2, -0.15) is 0 Å². The molecule has 0 radical (unpaired) electrons. The molecule has 0 amide bonds. The van der Waals surface area contributed by atoms with Gasteiger partial charge < -0.3 is 0 Å². The zero-order chi connectivity index (χ0) is 19.0. The summed E-state index contributed by atoms with van der Waals surface area (Å²) in [6.07, 6.45) is 4.45. The molecule has 0 aliphatic heterocycles. The second kappa shape index (κ2) is 7.08. The van der Waals surface area contributed by atoms with Crippen molar-refractivity contribution in [3.63, 3.8) is 0 Å². The van der Waals surface area contributed by atoms with Gasteiger partial charge in [-0.3, -0.25) is 0 Å². The van der Waals surface area contributed by atoms with Crippen LogP contribution in [0.2, 0.25) is 0 Å². The van der Waals surface area contributed by atoms with Crippen molar-refractivity contribution in [1.29, 1.82) is 0 Å². The van der Waals surface area contributed by atoms with Crippen molar-refractivity contribution < 1.29 is 0 Å². The van der Waals surface area contributed by atoms with Crippen molar-refractivity contribution >= 4 is 25.0 Å². The fourth-order valence-corrected chi connectivity index (χ4v) is 3.74. The Bertz CT molecular complexity index is 840. The summed E-state index contributed by atoms with van der Waals surface area (Å²) >= 11 is 0. The van der Waals surface area contributed by atoms with Crippen molar-refractivity contribution in [2.45, 2.75) is 55.4 Å². The third-order valence-electron chi connectivity index (χ3n) is 6.20. The number of aryl methyl sites for hydroxylation is 2. The molecule has 0 aromatic heterocycles. The summed E-state index contributed by atoms with van der Waals surface area (Å²) in [5.41, 5.74) is 16.0. The van der Waals surface area contributed by atoms with Crippen LogP contribution >= 0.6 is 0 Å². The first-order valence-corrected chi connectivity index (χ1v) is 9.09. The van der Waals surface area contributed by atoms with Crippen molar-refractivity contribution in [2.75, 3.05) is 0 Å². The normalized spacial score (nSPS) is 11.4. The minimum Gasteiger partial charge on any atom is -0.0912 e. The number of allylic oxidation sites excluding steroid dienone is 2. The Morgan fingerprint density at radius 1 is 0.760 bits per heavy atom. The predicted octanol–water partition coefficient (Wildman–Crippen LogP) is 5.14. The van der Waals surface area contributed by atoms with Crippen LogP contribution in [-0.4, -0.2) is 7.85 Å². The molecule has 2 aromatic rings. The van der Waals surface area contributed by atoms with Gasteiger partial charge in [0.2, 0.25) is 0 Å². The summed E-state index contributed by atoms with van der Waals surface area (Å²) in [6, 6.07) is 2.27. The van der Waals surface area contributed by atoms with Crippen LogP contribution in [0.5, 0.6) is 0 Å². The molecule has 0 unspecified atom stereocenters. The van der Waals surface area contributed by atoms with Crippen LogP contribution in [0.1, 0.15) is 55.6 Å². The zero-order valence-corrected chi connectivity index (χ0v) is 17.4. The molecule has 25 heavy (non-hydrogen) atoms. The molecular formula is C24H31B. The van der Waals surface area contributed by atoms with E-state index in [1.807, 2.05) is 0 Å². The van der Waals surface area contributed by atoms with Gasteiger partial charge in [0.05, 0.1) is 0 Å². The van der Waals surface area contributed by atoms with E-state index < -0.39 is 0 Å². The Morgan fingerprint density at radius 2 is 1.24 bits per heavy atom.